The fraction of sp³-hybridized carbons (Fsp3) is 0.310. The molecule has 1 aliphatic heterocycles. The van der Waals surface area contributed by atoms with Crippen LogP contribution in [-0.2, 0) is 10.0 Å². The number of hydrogen-bond acceptors (Lipinski definition) is 8. The lowest BCUT2D eigenvalue weighted by atomic mass is 10.0. The summed E-state index contributed by atoms with van der Waals surface area (Å²) >= 11 is 0. The zero-order chi connectivity index (χ0) is 29.0. The van der Waals surface area contributed by atoms with E-state index in [1.54, 1.807) is 30.6 Å². The molecule has 2 aromatic heterocycles. The molecule has 0 spiro atoms. The molecule has 2 aromatic carbocycles. The first-order chi connectivity index (χ1) is 19.7. The molecule has 1 amide bonds. The number of fused-ring (bicyclic) bond motifs is 1. The number of amides is 1. The molecule has 0 radical (unpaired) electrons. The summed E-state index contributed by atoms with van der Waals surface area (Å²) in [5.74, 6) is 1.31. The van der Waals surface area contributed by atoms with E-state index in [0.717, 1.165) is 23.8 Å². The Balaban J connectivity index is 1.45. The lowest BCUT2D eigenvalue weighted by Crippen LogP contribution is -2.44. The second-order valence-corrected chi connectivity index (χ2v) is 11.8. The Morgan fingerprint density at radius 3 is 2.71 bits per heavy atom. The quantitative estimate of drug-likeness (QED) is 0.235. The zero-order valence-electron chi connectivity index (χ0n) is 22.9. The highest BCUT2D eigenvalue weighted by Gasteiger charge is 2.24. The van der Waals surface area contributed by atoms with Crippen molar-refractivity contribution in [3.05, 3.63) is 66.5 Å². The third-order valence-electron chi connectivity index (χ3n) is 6.85. The van der Waals surface area contributed by atoms with Crippen LogP contribution in [0.5, 0.6) is 11.6 Å². The van der Waals surface area contributed by atoms with E-state index in [9.17, 15) is 18.3 Å². The molecular formula is C29H32N6O5S. The number of rotatable bonds is 9. The van der Waals surface area contributed by atoms with Crippen LogP contribution in [0.3, 0.4) is 0 Å². The summed E-state index contributed by atoms with van der Waals surface area (Å²) in [5.41, 5.74) is 2.46. The summed E-state index contributed by atoms with van der Waals surface area (Å²) in [4.78, 5) is 26.3. The van der Waals surface area contributed by atoms with Gasteiger partial charge in [0.15, 0.2) is 0 Å². The van der Waals surface area contributed by atoms with Gasteiger partial charge in [0.1, 0.15) is 5.75 Å². The van der Waals surface area contributed by atoms with E-state index in [2.05, 4.69) is 25.0 Å². The molecule has 214 valence electrons. The number of piperidine rings is 1. The molecule has 5 rings (SSSR count). The Bertz CT molecular complexity index is 1680. The first-order valence-electron chi connectivity index (χ1n) is 13.5. The number of carboxylic acid groups (broad SMARTS) is 1. The van der Waals surface area contributed by atoms with E-state index in [0.29, 0.717) is 59.4 Å². The van der Waals surface area contributed by atoms with Crippen LogP contribution in [0.4, 0.5) is 16.4 Å². The summed E-state index contributed by atoms with van der Waals surface area (Å²) < 4.78 is 34.2. The summed E-state index contributed by atoms with van der Waals surface area (Å²) in [5, 5.41) is 14.1. The maximum absolute atomic E-state index is 12.5. The van der Waals surface area contributed by atoms with Crippen LogP contribution < -0.4 is 14.8 Å². The van der Waals surface area contributed by atoms with Gasteiger partial charge in [0.05, 0.1) is 22.7 Å². The molecule has 1 aliphatic rings. The van der Waals surface area contributed by atoms with E-state index >= 15 is 0 Å². The second kappa shape index (κ2) is 12.0. The molecule has 1 saturated heterocycles. The Morgan fingerprint density at radius 1 is 1.12 bits per heavy atom. The first kappa shape index (κ1) is 28.1. The number of likely N-dealkylation sites (tertiary alicyclic amines) is 1. The lowest BCUT2D eigenvalue weighted by Gasteiger charge is -2.31. The van der Waals surface area contributed by atoms with Crippen molar-refractivity contribution in [3.8, 4) is 22.9 Å². The fourth-order valence-corrected chi connectivity index (χ4v) is 6.13. The van der Waals surface area contributed by atoms with Gasteiger partial charge in [-0.3, -0.25) is 4.72 Å². The Hall–Kier alpha value is -4.45. The Labute approximate surface area is 238 Å². The number of nitrogens with one attached hydrogen (secondary N) is 2. The third-order valence-corrected chi connectivity index (χ3v) is 8.32. The Kier molecular flexibility index (Phi) is 8.20. The highest BCUT2D eigenvalue weighted by atomic mass is 32.2. The standard InChI is InChI=1S/C29H32N6O5S/c1-3-16-41(38,39)34-25-17-19(2)26(22-10-5-4-9-21(22)25)40-27-23(11-6-13-30-27)24-12-14-31-28(33-24)32-20-8-7-15-35(18-20)29(36)37/h4-6,9-14,17,20,34H,3,7-8,15-16,18H2,1-2H3,(H,36,37)(H,31,32,33). The van der Waals surface area contributed by atoms with Gasteiger partial charge in [-0.1, -0.05) is 31.2 Å². The van der Waals surface area contributed by atoms with Crippen molar-refractivity contribution in [2.24, 2.45) is 0 Å². The predicted octanol–water partition coefficient (Wildman–Crippen LogP) is 5.50. The van der Waals surface area contributed by atoms with Crippen molar-refractivity contribution in [1.29, 1.82) is 0 Å². The van der Waals surface area contributed by atoms with Crippen LogP contribution in [0.2, 0.25) is 0 Å². The van der Waals surface area contributed by atoms with E-state index in [1.165, 1.54) is 4.90 Å². The number of hydrogen-bond donors (Lipinski definition) is 3. The van der Waals surface area contributed by atoms with Crippen molar-refractivity contribution in [2.75, 3.05) is 28.9 Å². The van der Waals surface area contributed by atoms with Gasteiger partial charge in [0, 0.05) is 42.3 Å². The van der Waals surface area contributed by atoms with Crippen LogP contribution >= 0.6 is 0 Å². The van der Waals surface area contributed by atoms with Crippen LogP contribution in [0.25, 0.3) is 22.0 Å². The second-order valence-electron chi connectivity index (χ2n) is 9.97. The maximum atomic E-state index is 12.5. The monoisotopic (exact) mass is 576 g/mol. The fourth-order valence-electron chi connectivity index (χ4n) is 4.99. The van der Waals surface area contributed by atoms with E-state index < -0.39 is 16.1 Å². The molecule has 0 aliphatic carbocycles. The molecule has 0 saturated carbocycles. The predicted molar refractivity (Wildman–Crippen MR) is 158 cm³/mol. The average Bonchev–Trinajstić information content (AvgIpc) is 2.95. The van der Waals surface area contributed by atoms with Gasteiger partial charge in [-0.15, -0.1) is 0 Å². The summed E-state index contributed by atoms with van der Waals surface area (Å²) in [6.45, 7) is 4.56. The molecule has 1 fully saturated rings. The summed E-state index contributed by atoms with van der Waals surface area (Å²) in [6.07, 6.45) is 4.42. The van der Waals surface area contributed by atoms with E-state index in [-0.39, 0.29) is 11.8 Å². The van der Waals surface area contributed by atoms with Crippen molar-refractivity contribution < 1.29 is 23.1 Å². The minimum atomic E-state index is -3.48. The number of carbonyl (C=O) groups is 1. The maximum Gasteiger partial charge on any atom is 0.407 e. The minimum absolute atomic E-state index is 0.0320. The largest absolute Gasteiger partial charge is 0.465 e. The zero-order valence-corrected chi connectivity index (χ0v) is 23.7. The van der Waals surface area contributed by atoms with Crippen molar-refractivity contribution in [2.45, 2.75) is 39.2 Å². The van der Waals surface area contributed by atoms with Gasteiger partial charge in [0.2, 0.25) is 21.9 Å². The Morgan fingerprint density at radius 2 is 1.93 bits per heavy atom. The van der Waals surface area contributed by atoms with Gasteiger partial charge in [0.25, 0.3) is 0 Å². The van der Waals surface area contributed by atoms with E-state index in [4.69, 9.17) is 4.74 Å². The number of pyridine rings is 1. The first-order valence-corrected chi connectivity index (χ1v) is 15.1. The number of anilines is 2. The van der Waals surface area contributed by atoms with Crippen molar-refractivity contribution in [3.63, 3.8) is 0 Å². The highest BCUT2D eigenvalue weighted by molar-refractivity contribution is 7.92. The summed E-state index contributed by atoms with van der Waals surface area (Å²) in [6, 6.07) is 14.5. The van der Waals surface area contributed by atoms with Crippen molar-refractivity contribution >= 4 is 38.5 Å². The minimum Gasteiger partial charge on any atom is -0.465 e. The van der Waals surface area contributed by atoms with Gasteiger partial charge >= 0.3 is 6.09 Å². The normalized spacial score (nSPS) is 15.5. The molecule has 41 heavy (non-hydrogen) atoms. The van der Waals surface area contributed by atoms with Crippen LogP contribution in [0, 0.1) is 6.92 Å². The molecule has 4 aromatic rings. The molecular weight excluding hydrogens is 544 g/mol. The molecule has 1 unspecified atom stereocenters. The number of aromatic nitrogens is 3. The molecule has 3 heterocycles. The van der Waals surface area contributed by atoms with Gasteiger partial charge in [-0.25, -0.2) is 28.2 Å². The average molecular weight is 577 g/mol. The molecule has 0 bridgehead atoms. The van der Waals surface area contributed by atoms with Crippen LogP contribution in [0.1, 0.15) is 31.7 Å². The number of benzene rings is 2. The number of nitrogens with zero attached hydrogens (tertiary/aromatic N) is 4. The van der Waals surface area contributed by atoms with Gasteiger partial charge in [-0.2, -0.15) is 0 Å². The van der Waals surface area contributed by atoms with Crippen molar-refractivity contribution in [1.82, 2.24) is 19.9 Å². The number of ether oxygens (including phenoxy) is 1. The molecule has 1 atom stereocenters. The van der Waals surface area contributed by atoms with Crippen LogP contribution in [0.15, 0.2) is 60.9 Å². The van der Waals surface area contributed by atoms with Gasteiger partial charge in [-0.05, 0) is 56.0 Å². The SMILES string of the molecule is CCCS(=O)(=O)Nc1cc(C)c(Oc2ncccc2-c2ccnc(NC3CCCN(C(=O)O)C3)n2)c2ccccc12. The smallest absolute Gasteiger partial charge is 0.407 e. The third kappa shape index (κ3) is 6.49. The number of aryl methyl sites for hydroxylation is 1. The van der Waals surface area contributed by atoms with Gasteiger partial charge < -0.3 is 20.1 Å². The lowest BCUT2D eigenvalue weighted by molar-refractivity contribution is 0.132. The van der Waals surface area contributed by atoms with Crippen LogP contribution in [-0.4, -0.2) is 64.4 Å². The number of sulfonamides is 1. The molecule has 11 nitrogen and oxygen atoms in total. The highest BCUT2D eigenvalue weighted by Crippen LogP contribution is 2.39. The summed E-state index contributed by atoms with van der Waals surface area (Å²) in [7, 11) is -3.48. The molecule has 3 N–H and O–H groups in total. The molecule has 12 heteroatoms. The van der Waals surface area contributed by atoms with E-state index in [1.807, 2.05) is 44.2 Å². The topological polar surface area (TPSA) is 147 Å².